The molecule has 0 saturated heterocycles. The predicted molar refractivity (Wildman–Crippen MR) is 80.7 cm³/mol. The highest BCUT2D eigenvalue weighted by Crippen LogP contribution is 2.36. The number of aryl methyl sites for hydroxylation is 1. The molecule has 0 aromatic heterocycles. The van der Waals surface area contributed by atoms with Gasteiger partial charge in [-0.15, -0.1) is 11.6 Å². The van der Waals surface area contributed by atoms with E-state index in [1.54, 1.807) is 19.1 Å². The van der Waals surface area contributed by atoms with Crippen molar-refractivity contribution in [3.63, 3.8) is 0 Å². The third-order valence-electron chi connectivity index (χ3n) is 2.73. The van der Waals surface area contributed by atoms with Crippen molar-refractivity contribution in [1.82, 2.24) is 0 Å². The Morgan fingerprint density at radius 2 is 1.83 bits per heavy atom. The summed E-state index contributed by atoms with van der Waals surface area (Å²) >= 11 is 13.2. The molecule has 4 heteroatoms. The minimum absolute atomic E-state index is 0.246. The second-order valence-electron chi connectivity index (χ2n) is 4.01. The molecule has 0 fully saturated rings. The molecule has 0 bridgehead atoms. The van der Waals surface area contributed by atoms with E-state index in [0.717, 1.165) is 14.5 Å². The van der Waals surface area contributed by atoms with Crippen molar-refractivity contribution in [3.05, 3.63) is 67.9 Å². The van der Waals surface area contributed by atoms with Gasteiger partial charge in [0.15, 0.2) is 0 Å². The molecule has 0 N–H and O–H groups in total. The molecule has 1 unspecified atom stereocenters. The van der Waals surface area contributed by atoms with Gasteiger partial charge < -0.3 is 0 Å². The molecule has 2 aromatic rings. The van der Waals surface area contributed by atoms with Gasteiger partial charge in [-0.3, -0.25) is 0 Å². The maximum Gasteiger partial charge on any atom is 0.131 e. The van der Waals surface area contributed by atoms with Crippen LogP contribution in [0.15, 0.2) is 45.3 Å². The SMILES string of the molecule is Cc1cccc(C(Cl)c2cc(Br)ccc2Br)c1F. The molecular weight excluding hydrogens is 382 g/mol. The summed E-state index contributed by atoms with van der Waals surface area (Å²) in [6.45, 7) is 1.73. The molecule has 0 amide bonds. The Labute approximate surface area is 127 Å². The standard InChI is InChI=1S/C14H10Br2ClF/c1-8-3-2-4-10(14(8)18)13(17)11-7-9(15)5-6-12(11)16/h2-7,13H,1H3. The summed E-state index contributed by atoms with van der Waals surface area (Å²) < 4.78 is 15.8. The Kier molecular flexibility index (Phi) is 4.46. The van der Waals surface area contributed by atoms with Crippen molar-refractivity contribution in [3.8, 4) is 0 Å². The minimum atomic E-state index is -0.517. The third-order valence-corrected chi connectivity index (χ3v) is 4.41. The van der Waals surface area contributed by atoms with Crippen LogP contribution in [0.5, 0.6) is 0 Å². The molecule has 1 atom stereocenters. The zero-order chi connectivity index (χ0) is 13.3. The molecule has 0 aliphatic carbocycles. The Bertz CT molecular complexity index is 582. The predicted octanol–water partition coefficient (Wildman–Crippen LogP) is 5.99. The van der Waals surface area contributed by atoms with Gasteiger partial charge in [-0.05, 0) is 36.2 Å². The Hall–Kier alpha value is -0.380. The molecule has 0 spiro atoms. The molecule has 0 saturated carbocycles. The molecule has 94 valence electrons. The van der Waals surface area contributed by atoms with Gasteiger partial charge in [0.2, 0.25) is 0 Å². The first-order valence-electron chi connectivity index (χ1n) is 5.34. The van der Waals surface area contributed by atoms with E-state index < -0.39 is 5.38 Å². The van der Waals surface area contributed by atoms with E-state index in [1.807, 2.05) is 24.3 Å². The van der Waals surface area contributed by atoms with Crippen molar-refractivity contribution in [2.75, 3.05) is 0 Å². The van der Waals surface area contributed by atoms with Crippen molar-refractivity contribution in [2.24, 2.45) is 0 Å². The summed E-state index contributed by atoms with van der Waals surface area (Å²) in [6.07, 6.45) is 0. The van der Waals surface area contributed by atoms with Crippen LogP contribution in [0.4, 0.5) is 4.39 Å². The zero-order valence-corrected chi connectivity index (χ0v) is 13.5. The lowest BCUT2D eigenvalue weighted by Crippen LogP contribution is -1.99. The number of rotatable bonds is 2. The smallest absolute Gasteiger partial charge is 0.131 e. The van der Waals surface area contributed by atoms with E-state index in [0.29, 0.717) is 11.1 Å². The first kappa shape index (κ1) is 14.0. The topological polar surface area (TPSA) is 0 Å². The maximum absolute atomic E-state index is 14.1. The van der Waals surface area contributed by atoms with Gasteiger partial charge in [0, 0.05) is 14.5 Å². The van der Waals surface area contributed by atoms with Crippen LogP contribution in [0.1, 0.15) is 22.1 Å². The van der Waals surface area contributed by atoms with Crippen LogP contribution in [-0.2, 0) is 0 Å². The van der Waals surface area contributed by atoms with Crippen LogP contribution in [0.2, 0.25) is 0 Å². The summed E-state index contributed by atoms with van der Waals surface area (Å²) in [5.74, 6) is -0.246. The second-order valence-corrected chi connectivity index (χ2v) is 6.21. The maximum atomic E-state index is 14.1. The van der Waals surface area contributed by atoms with Crippen molar-refractivity contribution < 1.29 is 4.39 Å². The van der Waals surface area contributed by atoms with E-state index in [-0.39, 0.29) is 5.82 Å². The highest BCUT2D eigenvalue weighted by Gasteiger charge is 2.18. The van der Waals surface area contributed by atoms with Crippen LogP contribution in [0.3, 0.4) is 0 Å². The Balaban J connectivity index is 2.51. The van der Waals surface area contributed by atoms with Gasteiger partial charge in [-0.25, -0.2) is 4.39 Å². The van der Waals surface area contributed by atoms with Crippen LogP contribution >= 0.6 is 43.5 Å². The second kappa shape index (κ2) is 5.72. The summed E-state index contributed by atoms with van der Waals surface area (Å²) in [7, 11) is 0. The first-order chi connectivity index (χ1) is 8.50. The first-order valence-corrected chi connectivity index (χ1v) is 7.37. The molecule has 2 rings (SSSR count). The van der Waals surface area contributed by atoms with E-state index in [2.05, 4.69) is 31.9 Å². The van der Waals surface area contributed by atoms with Crippen LogP contribution in [0.25, 0.3) is 0 Å². The van der Waals surface area contributed by atoms with Crippen molar-refractivity contribution >= 4 is 43.5 Å². The highest BCUT2D eigenvalue weighted by atomic mass is 79.9. The van der Waals surface area contributed by atoms with Gasteiger partial charge in [-0.2, -0.15) is 0 Å². The molecule has 0 radical (unpaired) electrons. The summed E-state index contributed by atoms with van der Waals surface area (Å²) in [5.41, 5.74) is 1.94. The minimum Gasteiger partial charge on any atom is -0.206 e. The largest absolute Gasteiger partial charge is 0.206 e. The van der Waals surface area contributed by atoms with Crippen molar-refractivity contribution in [2.45, 2.75) is 12.3 Å². The fraction of sp³-hybridized carbons (Fsp3) is 0.143. The lowest BCUT2D eigenvalue weighted by atomic mass is 10.0. The molecule has 2 aromatic carbocycles. The summed E-state index contributed by atoms with van der Waals surface area (Å²) in [5, 5.41) is -0.517. The molecule has 0 nitrogen and oxygen atoms in total. The van der Waals surface area contributed by atoms with E-state index in [1.165, 1.54) is 0 Å². The lowest BCUT2D eigenvalue weighted by Gasteiger charge is -2.14. The highest BCUT2D eigenvalue weighted by molar-refractivity contribution is 9.11. The number of hydrogen-bond donors (Lipinski definition) is 0. The third kappa shape index (κ3) is 2.79. The summed E-state index contributed by atoms with van der Waals surface area (Å²) in [6, 6.07) is 11.0. The zero-order valence-electron chi connectivity index (χ0n) is 9.55. The van der Waals surface area contributed by atoms with E-state index >= 15 is 0 Å². The van der Waals surface area contributed by atoms with Gasteiger partial charge in [0.1, 0.15) is 5.82 Å². The van der Waals surface area contributed by atoms with E-state index in [9.17, 15) is 4.39 Å². The van der Waals surface area contributed by atoms with Gasteiger partial charge >= 0.3 is 0 Å². The fourth-order valence-corrected chi connectivity index (χ4v) is 3.08. The van der Waals surface area contributed by atoms with Gasteiger partial charge in [0.05, 0.1) is 5.38 Å². The number of alkyl halides is 1. The average molecular weight is 392 g/mol. The van der Waals surface area contributed by atoms with Gasteiger partial charge in [-0.1, -0.05) is 50.1 Å². The van der Waals surface area contributed by atoms with Crippen LogP contribution < -0.4 is 0 Å². The fourth-order valence-electron chi connectivity index (χ4n) is 1.74. The normalized spacial score (nSPS) is 12.5. The molecule has 0 aliphatic rings. The Morgan fingerprint density at radius 1 is 1.11 bits per heavy atom. The van der Waals surface area contributed by atoms with Crippen LogP contribution in [0, 0.1) is 12.7 Å². The molecular formula is C14H10Br2ClF. The molecule has 0 aliphatic heterocycles. The van der Waals surface area contributed by atoms with Crippen LogP contribution in [-0.4, -0.2) is 0 Å². The summed E-state index contributed by atoms with van der Waals surface area (Å²) in [4.78, 5) is 0. The number of benzene rings is 2. The number of hydrogen-bond acceptors (Lipinski definition) is 0. The van der Waals surface area contributed by atoms with E-state index in [4.69, 9.17) is 11.6 Å². The van der Waals surface area contributed by atoms with Gasteiger partial charge in [0.25, 0.3) is 0 Å². The number of halogens is 4. The monoisotopic (exact) mass is 390 g/mol. The van der Waals surface area contributed by atoms with Crippen molar-refractivity contribution in [1.29, 1.82) is 0 Å². The lowest BCUT2D eigenvalue weighted by molar-refractivity contribution is 0.603. The quantitative estimate of drug-likeness (QED) is 0.551. The Morgan fingerprint density at radius 3 is 2.56 bits per heavy atom. The molecule has 18 heavy (non-hydrogen) atoms. The molecule has 0 heterocycles. The average Bonchev–Trinajstić information content (AvgIpc) is 2.35.